The van der Waals surface area contributed by atoms with Crippen LogP contribution in [0.5, 0.6) is 0 Å². The SMILES string of the molecule is CC[NH+](CC(=O)NCc1ccc(F)cc1)CC(=O)Nc1cc(Cl)ccc1Cl. The number of hydrogen-bond donors (Lipinski definition) is 3. The van der Waals surface area contributed by atoms with E-state index in [0.29, 0.717) is 28.8 Å². The molecule has 2 aromatic rings. The standard InChI is InChI=1S/C19H20Cl2FN3O2/c1-2-25(11-18(26)23-10-13-3-6-15(22)7-4-13)12-19(27)24-17-9-14(20)5-8-16(17)21/h3-9H,2,10-12H2,1H3,(H,23,26)(H,24,27)/p+1. The van der Waals surface area contributed by atoms with Gasteiger partial charge < -0.3 is 15.5 Å². The third-order valence-corrected chi connectivity index (χ3v) is 4.49. The molecule has 0 spiro atoms. The molecule has 1 unspecified atom stereocenters. The molecular weight excluding hydrogens is 392 g/mol. The van der Waals surface area contributed by atoms with Gasteiger partial charge in [0.1, 0.15) is 5.82 Å². The number of amides is 2. The molecule has 1 atom stereocenters. The number of quaternary nitrogens is 1. The van der Waals surface area contributed by atoms with Crippen molar-refractivity contribution in [2.24, 2.45) is 0 Å². The third kappa shape index (κ3) is 7.17. The summed E-state index contributed by atoms with van der Waals surface area (Å²) < 4.78 is 12.9. The molecule has 27 heavy (non-hydrogen) atoms. The number of nitrogens with one attached hydrogen (secondary N) is 3. The highest BCUT2D eigenvalue weighted by molar-refractivity contribution is 6.35. The summed E-state index contributed by atoms with van der Waals surface area (Å²) in [6.07, 6.45) is 0. The van der Waals surface area contributed by atoms with Crippen molar-refractivity contribution in [3.05, 3.63) is 63.9 Å². The minimum absolute atomic E-state index is 0.114. The molecule has 2 aromatic carbocycles. The summed E-state index contributed by atoms with van der Waals surface area (Å²) in [5, 5.41) is 6.34. The van der Waals surface area contributed by atoms with E-state index in [9.17, 15) is 14.0 Å². The topological polar surface area (TPSA) is 62.6 Å². The van der Waals surface area contributed by atoms with Crippen LogP contribution in [0.25, 0.3) is 0 Å². The van der Waals surface area contributed by atoms with Gasteiger partial charge in [0.15, 0.2) is 13.1 Å². The zero-order valence-corrected chi connectivity index (χ0v) is 16.3. The summed E-state index contributed by atoms with van der Waals surface area (Å²) in [6, 6.07) is 10.7. The zero-order chi connectivity index (χ0) is 19.8. The number of benzene rings is 2. The lowest BCUT2D eigenvalue weighted by atomic mass is 10.2. The number of anilines is 1. The smallest absolute Gasteiger partial charge is 0.279 e. The van der Waals surface area contributed by atoms with Gasteiger partial charge in [0.25, 0.3) is 11.8 Å². The Labute approximate surface area is 167 Å². The number of hydrogen-bond acceptors (Lipinski definition) is 2. The molecule has 0 saturated carbocycles. The maximum atomic E-state index is 12.9. The van der Waals surface area contributed by atoms with Crippen LogP contribution in [-0.2, 0) is 16.1 Å². The van der Waals surface area contributed by atoms with Crippen molar-refractivity contribution in [3.63, 3.8) is 0 Å². The number of halogens is 3. The predicted octanol–water partition coefficient (Wildman–Crippen LogP) is 2.29. The lowest BCUT2D eigenvalue weighted by Crippen LogP contribution is -3.13. The second-order valence-corrected chi connectivity index (χ2v) is 6.88. The number of rotatable bonds is 8. The van der Waals surface area contributed by atoms with Gasteiger partial charge in [-0.25, -0.2) is 4.39 Å². The lowest BCUT2D eigenvalue weighted by Gasteiger charge is -2.17. The Morgan fingerprint density at radius 3 is 2.37 bits per heavy atom. The first-order chi connectivity index (χ1) is 12.9. The van der Waals surface area contributed by atoms with Gasteiger partial charge in [-0.05, 0) is 42.8 Å². The van der Waals surface area contributed by atoms with Gasteiger partial charge in [-0.15, -0.1) is 0 Å². The van der Waals surface area contributed by atoms with Gasteiger partial charge in [-0.3, -0.25) is 9.59 Å². The highest BCUT2D eigenvalue weighted by atomic mass is 35.5. The van der Waals surface area contributed by atoms with Crippen LogP contribution in [0.4, 0.5) is 10.1 Å². The van der Waals surface area contributed by atoms with Crippen LogP contribution in [0.15, 0.2) is 42.5 Å². The van der Waals surface area contributed by atoms with Crippen LogP contribution < -0.4 is 15.5 Å². The Morgan fingerprint density at radius 2 is 1.70 bits per heavy atom. The predicted molar refractivity (Wildman–Crippen MR) is 105 cm³/mol. The summed E-state index contributed by atoms with van der Waals surface area (Å²) in [4.78, 5) is 25.1. The summed E-state index contributed by atoms with van der Waals surface area (Å²) in [6.45, 7) is 3.06. The van der Waals surface area contributed by atoms with Crippen molar-refractivity contribution < 1.29 is 18.9 Å². The molecule has 0 aliphatic rings. The zero-order valence-electron chi connectivity index (χ0n) is 14.8. The molecule has 0 aromatic heterocycles. The first kappa shape index (κ1) is 21.2. The lowest BCUT2D eigenvalue weighted by molar-refractivity contribution is -0.881. The fraction of sp³-hybridized carbons (Fsp3) is 0.263. The Bertz CT molecular complexity index is 800. The fourth-order valence-corrected chi connectivity index (χ4v) is 2.76. The summed E-state index contributed by atoms with van der Waals surface area (Å²) >= 11 is 11.9. The van der Waals surface area contributed by atoms with E-state index in [0.717, 1.165) is 10.5 Å². The highest BCUT2D eigenvalue weighted by Crippen LogP contribution is 2.25. The third-order valence-electron chi connectivity index (χ3n) is 3.93. The molecule has 0 radical (unpaired) electrons. The normalized spacial score (nSPS) is 11.7. The molecule has 2 rings (SSSR count). The molecular formula is C19H21Cl2FN3O2+. The summed E-state index contributed by atoms with van der Waals surface area (Å²) in [5.41, 5.74) is 1.24. The van der Waals surface area contributed by atoms with Crippen LogP contribution in [-0.4, -0.2) is 31.4 Å². The second kappa shape index (κ2) is 10.3. The number of carbonyl (C=O) groups excluding carboxylic acids is 2. The van der Waals surface area contributed by atoms with Gasteiger partial charge in [0.2, 0.25) is 0 Å². The molecule has 0 aliphatic heterocycles. The molecule has 5 nitrogen and oxygen atoms in total. The van der Waals surface area contributed by atoms with E-state index in [1.54, 1.807) is 30.3 Å². The maximum Gasteiger partial charge on any atom is 0.279 e. The van der Waals surface area contributed by atoms with Gasteiger partial charge >= 0.3 is 0 Å². The van der Waals surface area contributed by atoms with Crippen molar-refractivity contribution >= 4 is 40.7 Å². The Balaban J connectivity index is 1.83. The highest BCUT2D eigenvalue weighted by Gasteiger charge is 2.17. The average molecular weight is 413 g/mol. The molecule has 8 heteroatoms. The van der Waals surface area contributed by atoms with E-state index in [-0.39, 0.29) is 30.7 Å². The largest absolute Gasteiger partial charge is 0.347 e. The molecule has 3 N–H and O–H groups in total. The molecule has 2 amide bonds. The summed E-state index contributed by atoms with van der Waals surface area (Å²) in [7, 11) is 0. The van der Waals surface area contributed by atoms with Crippen molar-refractivity contribution in [1.82, 2.24) is 5.32 Å². The number of carbonyl (C=O) groups is 2. The van der Waals surface area contributed by atoms with E-state index in [1.807, 2.05) is 6.92 Å². The molecule has 144 valence electrons. The molecule has 0 saturated heterocycles. The fourth-order valence-electron chi connectivity index (χ4n) is 2.42. The van der Waals surface area contributed by atoms with E-state index in [2.05, 4.69) is 10.6 Å². The van der Waals surface area contributed by atoms with Crippen LogP contribution >= 0.6 is 23.2 Å². The Morgan fingerprint density at radius 1 is 1.04 bits per heavy atom. The number of likely N-dealkylation sites (N-methyl/N-ethyl adjacent to an activating group) is 1. The van der Waals surface area contributed by atoms with Gasteiger partial charge in [-0.1, -0.05) is 35.3 Å². The van der Waals surface area contributed by atoms with Crippen LogP contribution in [0.2, 0.25) is 10.0 Å². The van der Waals surface area contributed by atoms with Crippen molar-refractivity contribution in [3.8, 4) is 0 Å². The van der Waals surface area contributed by atoms with E-state index in [4.69, 9.17) is 23.2 Å². The van der Waals surface area contributed by atoms with Crippen molar-refractivity contribution in [2.45, 2.75) is 13.5 Å². The Kier molecular flexibility index (Phi) is 8.03. The first-order valence-electron chi connectivity index (χ1n) is 8.47. The van der Waals surface area contributed by atoms with Gasteiger partial charge in [0, 0.05) is 11.6 Å². The van der Waals surface area contributed by atoms with Crippen LogP contribution in [0.3, 0.4) is 0 Å². The molecule has 0 fully saturated rings. The quantitative estimate of drug-likeness (QED) is 0.622. The minimum Gasteiger partial charge on any atom is -0.347 e. The molecule has 0 heterocycles. The monoisotopic (exact) mass is 412 g/mol. The minimum atomic E-state index is -0.322. The first-order valence-corrected chi connectivity index (χ1v) is 9.22. The van der Waals surface area contributed by atoms with Crippen LogP contribution in [0.1, 0.15) is 12.5 Å². The summed E-state index contributed by atoms with van der Waals surface area (Å²) in [5.74, 6) is -0.774. The van der Waals surface area contributed by atoms with Gasteiger partial charge in [-0.2, -0.15) is 0 Å². The molecule has 0 aliphatic carbocycles. The maximum absolute atomic E-state index is 12.9. The average Bonchev–Trinajstić information content (AvgIpc) is 2.63. The van der Waals surface area contributed by atoms with E-state index >= 15 is 0 Å². The van der Waals surface area contributed by atoms with Gasteiger partial charge in [0.05, 0.1) is 17.3 Å². The molecule has 0 bridgehead atoms. The van der Waals surface area contributed by atoms with Crippen LogP contribution in [0, 0.1) is 5.82 Å². The Hall–Kier alpha value is -2.15. The second-order valence-electron chi connectivity index (χ2n) is 6.03. The van der Waals surface area contributed by atoms with E-state index in [1.165, 1.54) is 12.1 Å². The van der Waals surface area contributed by atoms with E-state index < -0.39 is 0 Å². The van der Waals surface area contributed by atoms with Crippen molar-refractivity contribution in [1.29, 1.82) is 0 Å². The van der Waals surface area contributed by atoms with Crippen molar-refractivity contribution in [2.75, 3.05) is 25.0 Å².